The third-order valence-corrected chi connectivity index (χ3v) is 16.0. The number of benzene rings is 1. The molecule has 0 unspecified atom stereocenters. The first-order valence-corrected chi connectivity index (χ1v) is 24.3. The molecule has 0 bridgehead atoms. The van der Waals surface area contributed by atoms with Crippen LogP contribution >= 0.6 is 0 Å². The van der Waals surface area contributed by atoms with E-state index in [1.807, 2.05) is 30.7 Å². The molecule has 4 aliphatic heterocycles. The quantitative estimate of drug-likeness (QED) is 0.165. The van der Waals surface area contributed by atoms with Crippen LogP contribution in [0.4, 0.5) is 17.2 Å². The van der Waals surface area contributed by atoms with Gasteiger partial charge in [0, 0.05) is 99.2 Å². The number of anilines is 3. The van der Waals surface area contributed by atoms with Crippen LogP contribution in [0.3, 0.4) is 0 Å². The Morgan fingerprint density at radius 2 is 1.65 bits per heavy atom. The maximum absolute atomic E-state index is 13.3. The lowest BCUT2D eigenvalue weighted by Gasteiger charge is -2.42. The third-order valence-electron chi connectivity index (χ3n) is 16.0. The molecule has 16 nitrogen and oxygen atoms in total. The Kier molecular flexibility index (Phi) is 11.2. The largest absolute Gasteiger partial charge is 0.369 e. The average molecular weight is 890 g/mol. The van der Waals surface area contributed by atoms with Crippen molar-refractivity contribution in [2.24, 2.45) is 5.41 Å². The van der Waals surface area contributed by atoms with E-state index in [9.17, 15) is 19.6 Å². The molecule has 1 atom stereocenters. The predicted molar refractivity (Wildman–Crippen MR) is 251 cm³/mol. The number of carbonyl (C=O) groups is 3. The zero-order chi connectivity index (χ0) is 44.9. The van der Waals surface area contributed by atoms with Gasteiger partial charge in [0.15, 0.2) is 0 Å². The Morgan fingerprint density at radius 1 is 0.848 bits per heavy atom. The molecule has 3 saturated heterocycles. The Hall–Kier alpha value is -6.34. The fourth-order valence-electron chi connectivity index (χ4n) is 11.6. The second-order valence-electron chi connectivity index (χ2n) is 19.5. The highest BCUT2D eigenvalue weighted by atomic mass is 16.2. The number of nitriles is 1. The molecule has 66 heavy (non-hydrogen) atoms. The van der Waals surface area contributed by atoms with Gasteiger partial charge in [0.25, 0.3) is 0 Å². The molecule has 5 fully saturated rings. The first kappa shape index (κ1) is 42.3. The van der Waals surface area contributed by atoms with Gasteiger partial charge in [-0.1, -0.05) is 6.92 Å². The molecule has 342 valence electrons. The van der Waals surface area contributed by atoms with Crippen molar-refractivity contribution in [3.8, 4) is 28.6 Å². The zero-order valence-electron chi connectivity index (χ0n) is 37.9. The van der Waals surface area contributed by atoms with Gasteiger partial charge in [0.1, 0.15) is 29.0 Å². The van der Waals surface area contributed by atoms with E-state index in [1.54, 1.807) is 10.7 Å². The van der Waals surface area contributed by atoms with Crippen molar-refractivity contribution < 1.29 is 14.4 Å². The molecular weight excluding hydrogens is 831 g/mol. The summed E-state index contributed by atoms with van der Waals surface area (Å²) >= 11 is 0. The summed E-state index contributed by atoms with van der Waals surface area (Å²) < 4.78 is 3.87. The number of nitrogens with zero attached hydrogens (tertiary/aromatic N) is 11. The van der Waals surface area contributed by atoms with Crippen molar-refractivity contribution in [2.45, 2.75) is 115 Å². The smallest absolute Gasteiger partial charge is 0.249 e. The lowest BCUT2D eigenvalue weighted by atomic mass is 9.74. The second-order valence-corrected chi connectivity index (χ2v) is 19.5. The predicted octanol–water partition coefficient (Wildman–Crippen LogP) is 5.67. The first-order chi connectivity index (χ1) is 32.3. The van der Waals surface area contributed by atoms with Crippen LogP contribution in [0.1, 0.15) is 101 Å². The third kappa shape index (κ3) is 7.84. The zero-order valence-corrected chi connectivity index (χ0v) is 37.9. The Labute approximate surface area is 385 Å². The summed E-state index contributed by atoms with van der Waals surface area (Å²) in [5.41, 5.74) is 7.54. The van der Waals surface area contributed by atoms with Gasteiger partial charge in [-0.2, -0.15) is 15.5 Å². The number of imide groups is 1. The molecule has 16 heteroatoms. The number of piperazine rings is 1. The van der Waals surface area contributed by atoms with E-state index in [2.05, 4.69) is 77.4 Å². The average Bonchev–Trinajstić information content (AvgIpc) is 4.12. The highest BCUT2D eigenvalue weighted by Gasteiger charge is 2.41. The molecule has 0 radical (unpaired) electrons. The van der Waals surface area contributed by atoms with Gasteiger partial charge in [-0.25, -0.2) is 14.5 Å². The number of amides is 3. The van der Waals surface area contributed by atoms with E-state index in [0.717, 1.165) is 138 Å². The molecule has 11 rings (SSSR count). The molecule has 5 aromatic rings. The highest BCUT2D eigenvalue weighted by Crippen LogP contribution is 2.39. The monoisotopic (exact) mass is 889 g/mol. The van der Waals surface area contributed by atoms with Gasteiger partial charge in [-0.15, -0.1) is 0 Å². The van der Waals surface area contributed by atoms with Gasteiger partial charge in [-0.05, 0) is 113 Å². The topological polar surface area (TPSA) is 173 Å². The number of hydrogen-bond acceptors (Lipinski definition) is 12. The minimum Gasteiger partial charge on any atom is -0.369 e. The lowest BCUT2D eigenvalue weighted by molar-refractivity contribution is -0.135. The van der Waals surface area contributed by atoms with E-state index in [4.69, 9.17) is 15.1 Å². The SMILES string of the molecule is CCC1(C(=O)NC2CCC2)CCN(c2ccc(-c3nc(-c4cnn(C5CCC(N6CCN(c7ccc8c(c7)CCN8[C@H]7CCC(=O)NC7=O)CC6)CC5)c4)cn4ncc(C#N)c34)cn2)CC1. The summed E-state index contributed by atoms with van der Waals surface area (Å²) in [4.78, 5) is 57.3. The van der Waals surface area contributed by atoms with Crippen molar-refractivity contribution in [1.29, 1.82) is 5.26 Å². The van der Waals surface area contributed by atoms with Crippen LogP contribution in [0.5, 0.6) is 0 Å². The summed E-state index contributed by atoms with van der Waals surface area (Å²) in [7, 11) is 0. The fraction of sp³-hybridized carbons (Fsp3) is 0.520. The molecular formula is C50H59N13O3. The number of nitrogens with one attached hydrogen (secondary N) is 2. The maximum Gasteiger partial charge on any atom is 0.249 e. The lowest BCUT2D eigenvalue weighted by Crippen LogP contribution is -2.52. The Bertz CT molecular complexity index is 2670. The Morgan fingerprint density at radius 3 is 2.36 bits per heavy atom. The van der Waals surface area contributed by atoms with Gasteiger partial charge in [0.05, 0.1) is 41.4 Å². The number of pyridine rings is 1. The molecule has 1 aromatic carbocycles. The van der Waals surface area contributed by atoms with E-state index >= 15 is 0 Å². The van der Waals surface area contributed by atoms with E-state index in [0.29, 0.717) is 47.7 Å². The Balaban J connectivity index is 0.712. The molecule has 2 N–H and O–H groups in total. The number of piperidine rings is 2. The van der Waals surface area contributed by atoms with Crippen molar-refractivity contribution in [3.63, 3.8) is 0 Å². The van der Waals surface area contributed by atoms with Crippen molar-refractivity contribution in [3.05, 3.63) is 72.4 Å². The fourth-order valence-corrected chi connectivity index (χ4v) is 11.6. The highest BCUT2D eigenvalue weighted by molar-refractivity contribution is 6.02. The number of rotatable bonds is 10. The molecule has 6 aliphatic rings. The van der Waals surface area contributed by atoms with Crippen molar-refractivity contribution >= 4 is 40.4 Å². The molecule has 4 aromatic heterocycles. The molecule has 8 heterocycles. The maximum atomic E-state index is 13.3. The minimum absolute atomic E-state index is 0.173. The van der Waals surface area contributed by atoms with Gasteiger partial charge >= 0.3 is 0 Å². The summed E-state index contributed by atoms with van der Waals surface area (Å²) in [5.74, 6) is 0.748. The van der Waals surface area contributed by atoms with Crippen LogP contribution in [0.25, 0.3) is 28.0 Å². The van der Waals surface area contributed by atoms with Gasteiger partial charge in [0.2, 0.25) is 17.7 Å². The van der Waals surface area contributed by atoms with Crippen LogP contribution in [0.15, 0.2) is 61.3 Å². The number of aromatic nitrogens is 6. The van der Waals surface area contributed by atoms with Crippen LogP contribution in [-0.2, 0) is 20.8 Å². The summed E-state index contributed by atoms with van der Waals surface area (Å²) in [6.07, 6.45) is 21.4. The normalized spacial score (nSPS) is 23.6. The van der Waals surface area contributed by atoms with Crippen LogP contribution in [-0.4, -0.2) is 116 Å². The molecule has 3 amide bonds. The van der Waals surface area contributed by atoms with E-state index in [-0.39, 0.29) is 29.2 Å². The van der Waals surface area contributed by atoms with E-state index < -0.39 is 0 Å². The van der Waals surface area contributed by atoms with Gasteiger partial charge in [-0.3, -0.25) is 29.3 Å². The number of carbonyl (C=O) groups excluding carboxylic acids is 3. The minimum atomic E-state index is -0.317. The summed E-state index contributed by atoms with van der Waals surface area (Å²) in [6, 6.07) is 14.0. The summed E-state index contributed by atoms with van der Waals surface area (Å²) in [6.45, 7) is 8.54. The summed E-state index contributed by atoms with van der Waals surface area (Å²) in [5, 5.41) is 25.3. The van der Waals surface area contributed by atoms with Crippen LogP contribution in [0.2, 0.25) is 0 Å². The standard InChI is InChI=1S/C50H59N13O3/c1-2-50(49(66)55-37-4-3-5-37)17-20-60(21-18-50)44-14-6-34(28-52-44)46-47-35(27-51)29-54-63(47)32-41(56-46)36-30-53-62(31-36)39-9-7-38(8-10-39)58-22-24-59(25-23-58)40-11-12-42-33(26-40)16-19-61(42)43-13-15-45(64)57-48(43)65/h6,11-12,14,26,28-32,37-39,43H,2-5,7-10,13,15-25H2,1H3,(H,55,66)(H,57,64,65)/t38?,39?,43-/m0/s1. The second kappa shape index (κ2) is 17.5. The van der Waals surface area contributed by atoms with Crippen LogP contribution in [0, 0.1) is 16.7 Å². The van der Waals surface area contributed by atoms with Crippen LogP contribution < -0.4 is 25.3 Å². The number of fused-ring (bicyclic) bond motifs is 2. The first-order valence-electron chi connectivity index (χ1n) is 24.3. The van der Waals surface area contributed by atoms with Gasteiger partial charge < -0.3 is 20.0 Å². The molecule has 2 saturated carbocycles. The molecule has 0 spiro atoms. The van der Waals surface area contributed by atoms with E-state index in [1.165, 1.54) is 17.7 Å². The number of hydrogen-bond donors (Lipinski definition) is 2. The molecule has 2 aliphatic carbocycles. The van der Waals surface area contributed by atoms with Crippen molar-refractivity contribution in [2.75, 3.05) is 60.5 Å². The van der Waals surface area contributed by atoms with Crippen molar-refractivity contribution in [1.82, 2.24) is 44.9 Å².